The van der Waals surface area contributed by atoms with Crippen molar-refractivity contribution in [2.75, 3.05) is 20.3 Å². The fraction of sp³-hybridized carbons (Fsp3) is 0.316. The highest BCUT2D eigenvalue weighted by atomic mass is 19.4. The Hall–Kier alpha value is -2.74. The van der Waals surface area contributed by atoms with Crippen molar-refractivity contribution in [3.8, 4) is 0 Å². The molecule has 3 rings (SSSR count). The summed E-state index contributed by atoms with van der Waals surface area (Å²) in [5, 5.41) is 2.75. The third-order valence-corrected chi connectivity index (χ3v) is 4.16. The zero-order valence-electron chi connectivity index (χ0n) is 14.9. The predicted molar refractivity (Wildman–Crippen MR) is 93.7 cm³/mol. The number of rotatable bonds is 6. The minimum absolute atomic E-state index is 0.244. The number of alkyl halides is 3. The van der Waals surface area contributed by atoms with E-state index in [4.69, 9.17) is 9.15 Å². The normalized spacial score (nSPS) is 11.9. The molecule has 5 nitrogen and oxygen atoms in total. The summed E-state index contributed by atoms with van der Waals surface area (Å²) in [6, 6.07) is 8.33. The third kappa shape index (κ3) is 4.16. The molecular weight excluding hydrogens is 361 g/mol. The van der Waals surface area contributed by atoms with Gasteiger partial charge in [-0.2, -0.15) is 13.2 Å². The molecule has 0 aliphatic rings. The lowest BCUT2D eigenvalue weighted by Gasteiger charge is -2.12. The average molecular weight is 380 g/mol. The molecule has 0 aliphatic carbocycles. The molecule has 0 fully saturated rings. The molecule has 0 spiro atoms. The number of benzene rings is 1. The number of carbonyl (C=O) groups excluding carboxylic acids is 1. The number of hydrogen-bond acceptors (Lipinski definition) is 3. The van der Waals surface area contributed by atoms with Crippen LogP contribution in [0.15, 0.2) is 40.8 Å². The number of ether oxygens (including phenoxy) is 1. The molecule has 0 saturated heterocycles. The molecule has 0 unspecified atom stereocenters. The SMILES string of the molecule is COCCNC(=O)c1cc2oc(C)cc2n1Cc1ccc(C(F)(F)F)cc1. The van der Waals surface area contributed by atoms with E-state index in [0.29, 0.717) is 41.3 Å². The first-order chi connectivity index (χ1) is 12.8. The Morgan fingerprint density at radius 2 is 1.93 bits per heavy atom. The van der Waals surface area contributed by atoms with Gasteiger partial charge in [0.1, 0.15) is 11.5 Å². The van der Waals surface area contributed by atoms with Crippen molar-refractivity contribution in [1.29, 1.82) is 0 Å². The number of halogens is 3. The Bertz CT molecular complexity index is 940. The smallest absolute Gasteiger partial charge is 0.416 e. The van der Waals surface area contributed by atoms with E-state index in [1.54, 1.807) is 23.6 Å². The molecule has 1 N–H and O–H groups in total. The van der Waals surface area contributed by atoms with Crippen molar-refractivity contribution < 1.29 is 27.1 Å². The molecule has 0 bridgehead atoms. The second-order valence-electron chi connectivity index (χ2n) is 6.17. The van der Waals surface area contributed by atoms with Crippen molar-refractivity contribution >= 4 is 17.0 Å². The lowest BCUT2D eigenvalue weighted by atomic mass is 10.1. The van der Waals surface area contributed by atoms with Crippen molar-refractivity contribution in [2.24, 2.45) is 0 Å². The first kappa shape index (κ1) is 19.0. The molecule has 0 aliphatic heterocycles. The summed E-state index contributed by atoms with van der Waals surface area (Å²) < 4.78 is 50.5. The summed E-state index contributed by atoms with van der Waals surface area (Å²) in [6.07, 6.45) is -4.38. The van der Waals surface area contributed by atoms with Gasteiger partial charge < -0.3 is 19.0 Å². The second kappa shape index (κ2) is 7.48. The quantitative estimate of drug-likeness (QED) is 0.658. The van der Waals surface area contributed by atoms with Gasteiger partial charge >= 0.3 is 6.18 Å². The summed E-state index contributed by atoms with van der Waals surface area (Å²) in [5.41, 5.74) is 1.58. The van der Waals surface area contributed by atoms with Gasteiger partial charge in [0.25, 0.3) is 5.91 Å². The Morgan fingerprint density at radius 1 is 1.22 bits per heavy atom. The van der Waals surface area contributed by atoms with Crippen LogP contribution in [0.1, 0.15) is 27.4 Å². The van der Waals surface area contributed by atoms with Gasteiger partial charge in [-0.15, -0.1) is 0 Å². The van der Waals surface area contributed by atoms with Gasteiger partial charge in [-0.3, -0.25) is 4.79 Å². The van der Waals surface area contributed by atoms with Crippen LogP contribution in [-0.2, 0) is 17.5 Å². The van der Waals surface area contributed by atoms with Gasteiger partial charge in [0.05, 0.1) is 17.7 Å². The van der Waals surface area contributed by atoms with Gasteiger partial charge in [-0.25, -0.2) is 0 Å². The van der Waals surface area contributed by atoms with Gasteiger partial charge in [-0.05, 0) is 24.6 Å². The molecule has 2 aromatic heterocycles. The number of methoxy groups -OCH3 is 1. The van der Waals surface area contributed by atoms with Crippen LogP contribution < -0.4 is 5.32 Å². The van der Waals surface area contributed by atoms with E-state index in [9.17, 15) is 18.0 Å². The maximum absolute atomic E-state index is 12.7. The average Bonchev–Trinajstić information content (AvgIpc) is 3.12. The molecule has 2 heterocycles. The van der Waals surface area contributed by atoms with E-state index in [2.05, 4.69) is 5.32 Å². The number of fused-ring (bicyclic) bond motifs is 1. The van der Waals surface area contributed by atoms with Crippen LogP contribution in [0.5, 0.6) is 0 Å². The first-order valence-corrected chi connectivity index (χ1v) is 8.32. The zero-order chi connectivity index (χ0) is 19.6. The topological polar surface area (TPSA) is 56.4 Å². The lowest BCUT2D eigenvalue weighted by Crippen LogP contribution is -2.29. The number of furan rings is 1. The van der Waals surface area contributed by atoms with Crippen molar-refractivity contribution in [3.63, 3.8) is 0 Å². The van der Waals surface area contributed by atoms with Crippen molar-refractivity contribution in [2.45, 2.75) is 19.6 Å². The molecule has 0 saturated carbocycles. The van der Waals surface area contributed by atoms with Crippen LogP contribution in [0.4, 0.5) is 13.2 Å². The van der Waals surface area contributed by atoms with Crippen LogP contribution >= 0.6 is 0 Å². The minimum Gasteiger partial charge on any atom is -0.460 e. The van der Waals surface area contributed by atoms with Gasteiger partial charge in [0.15, 0.2) is 5.58 Å². The van der Waals surface area contributed by atoms with Gasteiger partial charge in [0, 0.05) is 32.3 Å². The number of nitrogens with zero attached hydrogens (tertiary/aromatic N) is 1. The molecule has 1 aromatic carbocycles. The fourth-order valence-electron chi connectivity index (χ4n) is 2.86. The standard InChI is InChI=1S/C19H19F3N2O3/c1-12-9-15-17(27-12)10-16(18(25)23-7-8-26-2)24(15)11-13-3-5-14(6-4-13)19(20,21)22/h3-6,9-10H,7-8,11H2,1-2H3,(H,23,25). The summed E-state index contributed by atoms with van der Waals surface area (Å²) in [5.74, 6) is 0.385. The predicted octanol–water partition coefficient (Wildman–Crippen LogP) is 3.99. The first-order valence-electron chi connectivity index (χ1n) is 8.32. The zero-order valence-corrected chi connectivity index (χ0v) is 14.9. The van der Waals surface area contributed by atoms with E-state index in [0.717, 1.165) is 12.1 Å². The summed E-state index contributed by atoms with van der Waals surface area (Å²) in [7, 11) is 1.54. The van der Waals surface area contributed by atoms with Gasteiger partial charge in [0.2, 0.25) is 0 Å². The number of amides is 1. The Kier molecular flexibility index (Phi) is 5.27. The van der Waals surface area contributed by atoms with Crippen LogP contribution in [0, 0.1) is 6.92 Å². The van der Waals surface area contributed by atoms with Crippen molar-refractivity contribution in [3.05, 3.63) is 59.0 Å². The number of aryl methyl sites for hydroxylation is 1. The van der Waals surface area contributed by atoms with E-state index >= 15 is 0 Å². The number of nitrogens with one attached hydrogen (secondary N) is 1. The lowest BCUT2D eigenvalue weighted by molar-refractivity contribution is -0.137. The molecule has 144 valence electrons. The van der Waals surface area contributed by atoms with Crippen LogP contribution in [0.2, 0.25) is 0 Å². The van der Waals surface area contributed by atoms with Crippen LogP contribution in [-0.4, -0.2) is 30.7 Å². The highest BCUT2D eigenvalue weighted by Gasteiger charge is 2.30. The van der Waals surface area contributed by atoms with E-state index in [1.165, 1.54) is 19.2 Å². The maximum atomic E-state index is 12.7. The largest absolute Gasteiger partial charge is 0.460 e. The van der Waals surface area contributed by atoms with Crippen molar-refractivity contribution in [1.82, 2.24) is 9.88 Å². The molecule has 8 heteroatoms. The van der Waals surface area contributed by atoms with Gasteiger partial charge in [-0.1, -0.05) is 12.1 Å². The van der Waals surface area contributed by atoms with Crippen LogP contribution in [0.25, 0.3) is 11.1 Å². The van der Waals surface area contributed by atoms with E-state index in [1.807, 2.05) is 0 Å². The number of aromatic nitrogens is 1. The third-order valence-electron chi connectivity index (χ3n) is 4.16. The van der Waals surface area contributed by atoms with E-state index < -0.39 is 11.7 Å². The summed E-state index contributed by atoms with van der Waals surface area (Å²) in [6.45, 7) is 2.76. The molecule has 1 amide bonds. The van der Waals surface area contributed by atoms with Crippen LogP contribution in [0.3, 0.4) is 0 Å². The molecule has 0 atom stereocenters. The Morgan fingerprint density at radius 3 is 2.56 bits per heavy atom. The summed E-state index contributed by atoms with van der Waals surface area (Å²) >= 11 is 0. The Labute approximate surface area is 153 Å². The monoisotopic (exact) mass is 380 g/mol. The Balaban J connectivity index is 1.91. The molecule has 0 radical (unpaired) electrons. The number of carbonyl (C=O) groups is 1. The maximum Gasteiger partial charge on any atom is 0.416 e. The highest BCUT2D eigenvalue weighted by Crippen LogP contribution is 2.30. The fourth-order valence-corrected chi connectivity index (χ4v) is 2.86. The highest BCUT2D eigenvalue weighted by molar-refractivity contribution is 5.97. The number of hydrogen-bond donors (Lipinski definition) is 1. The second-order valence-corrected chi connectivity index (χ2v) is 6.17. The molecule has 27 heavy (non-hydrogen) atoms. The molecular formula is C19H19F3N2O3. The van der Waals surface area contributed by atoms with E-state index in [-0.39, 0.29) is 12.5 Å². The minimum atomic E-state index is -4.38. The molecule has 3 aromatic rings. The summed E-state index contributed by atoms with van der Waals surface area (Å²) in [4.78, 5) is 12.5.